The van der Waals surface area contributed by atoms with Crippen molar-refractivity contribution in [1.82, 2.24) is 20.5 Å². The first kappa shape index (κ1) is 21.2. The van der Waals surface area contributed by atoms with Gasteiger partial charge in [-0.1, -0.05) is 48.0 Å². The fraction of sp³-hybridized carbons (Fsp3) is 0.227. The van der Waals surface area contributed by atoms with Crippen molar-refractivity contribution < 1.29 is 8.42 Å². The molecule has 0 saturated carbocycles. The van der Waals surface area contributed by atoms with Crippen molar-refractivity contribution in [2.24, 2.45) is 5.10 Å². The molecule has 0 bridgehead atoms. The van der Waals surface area contributed by atoms with Crippen LogP contribution in [0.25, 0.3) is 16.9 Å². The molecule has 2 aromatic carbocycles. The van der Waals surface area contributed by atoms with E-state index in [0.29, 0.717) is 11.5 Å². The summed E-state index contributed by atoms with van der Waals surface area (Å²) in [7, 11) is -2.97. The van der Waals surface area contributed by atoms with Crippen LogP contribution in [-0.2, 0) is 9.84 Å². The number of aromatic nitrogens is 2. The van der Waals surface area contributed by atoms with E-state index >= 15 is 0 Å². The second kappa shape index (κ2) is 8.99. The second-order valence-corrected chi connectivity index (χ2v) is 10.2. The van der Waals surface area contributed by atoms with Gasteiger partial charge in [0.25, 0.3) is 0 Å². The van der Waals surface area contributed by atoms with Crippen LogP contribution in [0, 0.1) is 6.92 Å². The Morgan fingerprint density at radius 2 is 1.94 bits per heavy atom. The van der Waals surface area contributed by atoms with Gasteiger partial charge in [0.1, 0.15) is 5.69 Å². The van der Waals surface area contributed by atoms with Gasteiger partial charge in [-0.25, -0.2) is 13.1 Å². The third-order valence-electron chi connectivity index (χ3n) is 5.03. The molecule has 4 rings (SSSR count). The molecule has 31 heavy (non-hydrogen) atoms. The molecular formula is C22H23N5O2S2. The summed E-state index contributed by atoms with van der Waals surface area (Å²) in [6.07, 6.45) is 4.13. The van der Waals surface area contributed by atoms with Crippen molar-refractivity contribution in [2.75, 3.05) is 11.5 Å². The predicted octanol–water partition coefficient (Wildman–Crippen LogP) is 2.83. The Bertz CT molecular complexity index is 1200. The number of nitrogens with zero attached hydrogens (tertiary/aromatic N) is 3. The molecule has 1 saturated heterocycles. The number of hydrogen-bond acceptors (Lipinski definition) is 5. The van der Waals surface area contributed by atoms with Crippen LogP contribution in [0.15, 0.2) is 65.9 Å². The molecule has 1 aliphatic rings. The van der Waals surface area contributed by atoms with Gasteiger partial charge in [-0.3, -0.25) is 5.43 Å². The van der Waals surface area contributed by atoms with E-state index in [2.05, 4.69) is 15.8 Å². The fourth-order valence-electron chi connectivity index (χ4n) is 3.42. The minimum absolute atomic E-state index is 0.0972. The number of rotatable bonds is 5. The largest absolute Gasteiger partial charge is 0.358 e. The molecule has 0 radical (unpaired) electrons. The van der Waals surface area contributed by atoms with E-state index in [9.17, 15) is 8.42 Å². The molecule has 1 aromatic heterocycles. The van der Waals surface area contributed by atoms with Gasteiger partial charge in [-0.05, 0) is 37.7 Å². The Hall–Kier alpha value is -3.04. The van der Waals surface area contributed by atoms with Crippen molar-refractivity contribution in [2.45, 2.75) is 19.4 Å². The highest BCUT2D eigenvalue weighted by molar-refractivity contribution is 7.91. The van der Waals surface area contributed by atoms with Crippen LogP contribution < -0.4 is 10.7 Å². The van der Waals surface area contributed by atoms with Crippen molar-refractivity contribution in [3.8, 4) is 16.9 Å². The first-order valence-corrected chi connectivity index (χ1v) is 12.1. The Labute approximate surface area is 187 Å². The monoisotopic (exact) mass is 453 g/mol. The maximum atomic E-state index is 11.6. The van der Waals surface area contributed by atoms with E-state index in [0.717, 1.165) is 22.5 Å². The predicted molar refractivity (Wildman–Crippen MR) is 127 cm³/mol. The molecule has 0 amide bonds. The standard InChI is InChI=1S/C22H23N5O2S2/c1-16-7-9-17(10-8-16)21-18(14-27(26-21)20-5-3-2-4-6-20)13-23-25-22(30)24-19-11-12-31(28,29)15-19/h2-10,13-14,19H,11-12,15H2,1H3,(H2,24,25,30)/b23-13-/t19-/m0/s1. The molecule has 2 N–H and O–H groups in total. The molecule has 1 atom stereocenters. The third kappa shape index (κ3) is 5.36. The topological polar surface area (TPSA) is 88.4 Å². The number of sulfone groups is 1. The maximum Gasteiger partial charge on any atom is 0.187 e. The Balaban J connectivity index is 1.53. The summed E-state index contributed by atoms with van der Waals surface area (Å²) >= 11 is 5.25. The molecule has 7 nitrogen and oxygen atoms in total. The average Bonchev–Trinajstić information content (AvgIpc) is 3.32. The van der Waals surface area contributed by atoms with Gasteiger partial charge < -0.3 is 5.32 Å². The molecule has 2 heterocycles. The van der Waals surface area contributed by atoms with E-state index in [1.54, 1.807) is 6.21 Å². The number of hydrogen-bond donors (Lipinski definition) is 2. The highest BCUT2D eigenvalue weighted by Gasteiger charge is 2.28. The number of nitrogens with one attached hydrogen (secondary N) is 2. The molecule has 0 spiro atoms. The van der Waals surface area contributed by atoms with Crippen LogP contribution in [0.3, 0.4) is 0 Å². The SMILES string of the molecule is Cc1ccc(-c2nn(-c3ccccc3)cc2/C=N\NC(=S)N[C@H]2CCS(=O)(=O)C2)cc1. The van der Waals surface area contributed by atoms with Crippen LogP contribution in [0.1, 0.15) is 17.5 Å². The van der Waals surface area contributed by atoms with Gasteiger partial charge in [-0.15, -0.1) is 0 Å². The summed E-state index contributed by atoms with van der Waals surface area (Å²) in [6, 6.07) is 17.8. The summed E-state index contributed by atoms with van der Waals surface area (Å²) in [4.78, 5) is 0. The molecular weight excluding hydrogens is 430 g/mol. The van der Waals surface area contributed by atoms with Crippen LogP contribution in [0.2, 0.25) is 0 Å². The normalized spacial score (nSPS) is 17.6. The van der Waals surface area contributed by atoms with Gasteiger partial charge in [0, 0.05) is 23.4 Å². The first-order valence-electron chi connectivity index (χ1n) is 9.92. The fourth-order valence-corrected chi connectivity index (χ4v) is 5.31. The number of aryl methyl sites for hydroxylation is 1. The molecule has 0 unspecified atom stereocenters. The number of hydrazone groups is 1. The third-order valence-corrected chi connectivity index (χ3v) is 7.00. The quantitative estimate of drug-likeness (QED) is 0.351. The lowest BCUT2D eigenvalue weighted by Crippen LogP contribution is -2.40. The molecule has 1 aliphatic heterocycles. The number of thiocarbonyl (C=S) groups is 1. The summed E-state index contributed by atoms with van der Waals surface area (Å²) in [5, 5.41) is 12.3. The molecule has 0 aliphatic carbocycles. The summed E-state index contributed by atoms with van der Waals surface area (Å²) in [5.41, 5.74) is 7.51. The molecule has 160 valence electrons. The van der Waals surface area contributed by atoms with E-state index in [1.807, 2.05) is 72.4 Å². The summed E-state index contributed by atoms with van der Waals surface area (Å²) in [6.45, 7) is 2.04. The lowest BCUT2D eigenvalue weighted by atomic mass is 10.1. The van der Waals surface area contributed by atoms with Gasteiger partial charge >= 0.3 is 0 Å². The maximum absolute atomic E-state index is 11.6. The van der Waals surface area contributed by atoms with Crippen molar-refractivity contribution in [3.05, 3.63) is 71.9 Å². The number of benzene rings is 2. The summed E-state index contributed by atoms with van der Waals surface area (Å²) in [5.74, 6) is 0.287. The Kier molecular flexibility index (Phi) is 6.15. The summed E-state index contributed by atoms with van der Waals surface area (Å²) < 4.78 is 25.0. The first-order chi connectivity index (χ1) is 14.9. The van der Waals surface area contributed by atoms with Gasteiger partial charge in [0.05, 0.1) is 23.4 Å². The van der Waals surface area contributed by atoms with Crippen LogP contribution in [0.4, 0.5) is 0 Å². The lowest BCUT2D eigenvalue weighted by Gasteiger charge is -2.11. The minimum Gasteiger partial charge on any atom is -0.358 e. The van der Waals surface area contributed by atoms with Crippen molar-refractivity contribution >= 4 is 33.4 Å². The zero-order valence-electron chi connectivity index (χ0n) is 17.0. The van der Waals surface area contributed by atoms with E-state index in [-0.39, 0.29) is 17.5 Å². The number of para-hydroxylation sites is 1. The molecule has 3 aromatic rings. The van der Waals surface area contributed by atoms with E-state index in [4.69, 9.17) is 17.3 Å². The minimum atomic E-state index is -2.97. The lowest BCUT2D eigenvalue weighted by molar-refractivity contribution is 0.600. The van der Waals surface area contributed by atoms with Gasteiger partial charge in [0.15, 0.2) is 14.9 Å². The second-order valence-electron chi connectivity index (χ2n) is 7.52. The molecule has 9 heteroatoms. The zero-order chi connectivity index (χ0) is 21.8. The van der Waals surface area contributed by atoms with Crippen molar-refractivity contribution in [1.29, 1.82) is 0 Å². The molecule has 1 fully saturated rings. The Morgan fingerprint density at radius 3 is 2.61 bits per heavy atom. The zero-order valence-corrected chi connectivity index (χ0v) is 18.7. The highest BCUT2D eigenvalue weighted by Crippen LogP contribution is 2.23. The van der Waals surface area contributed by atoms with Gasteiger partial charge in [0.2, 0.25) is 0 Å². The Morgan fingerprint density at radius 1 is 1.19 bits per heavy atom. The van der Waals surface area contributed by atoms with Crippen molar-refractivity contribution in [3.63, 3.8) is 0 Å². The highest BCUT2D eigenvalue weighted by atomic mass is 32.2. The van der Waals surface area contributed by atoms with E-state index in [1.165, 1.54) is 5.56 Å². The van der Waals surface area contributed by atoms with Crippen LogP contribution in [0.5, 0.6) is 0 Å². The van der Waals surface area contributed by atoms with E-state index < -0.39 is 9.84 Å². The van der Waals surface area contributed by atoms with Gasteiger partial charge in [-0.2, -0.15) is 10.2 Å². The van der Waals surface area contributed by atoms with Crippen LogP contribution in [-0.4, -0.2) is 47.1 Å². The van der Waals surface area contributed by atoms with Crippen LogP contribution >= 0.6 is 12.2 Å². The smallest absolute Gasteiger partial charge is 0.187 e. The average molecular weight is 454 g/mol.